The Morgan fingerprint density at radius 2 is 2.10 bits per heavy atom. The predicted molar refractivity (Wildman–Crippen MR) is 87.1 cm³/mol. The molecule has 0 radical (unpaired) electrons. The molecule has 1 aromatic heterocycles. The van der Waals surface area contributed by atoms with Crippen LogP contribution < -0.4 is 4.74 Å². The van der Waals surface area contributed by atoms with Gasteiger partial charge in [0.25, 0.3) is 0 Å². The molecule has 1 saturated carbocycles. The van der Waals surface area contributed by atoms with Crippen molar-refractivity contribution in [3.8, 4) is 5.75 Å². The van der Waals surface area contributed by atoms with E-state index >= 15 is 0 Å². The largest absolute Gasteiger partial charge is 0.497 e. The van der Waals surface area contributed by atoms with E-state index in [0.717, 1.165) is 35.1 Å². The second-order valence-corrected chi connectivity index (χ2v) is 6.71. The molecule has 4 heteroatoms. The van der Waals surface area contributed by atoms with Crippen LogP contribution in [0.1, 0.15) is 50.2 Å². The van der Waals surface area contributed by atoms with E-state index in [0.29, 0.717) is 0 Å². The number of methoxy groups -OCH3 is 1. The van der Waals surface area contributed by atoms with Crippen molar-refractivity contribution in [2.45, 2.75) is 50.9 Å². The molecule has 3 rings (SSSR count). The second-order valence-electron chi connectivity index (χ2n) is 6.06. The Morgan fingerprint density at radius 3 is 2.76 bits per heavy atom. The molecule has 0 amide bonds. The molecule has 0 saturated heterocycles. The van der Waals surface area contributed by atoms with Crippen molar-refractivity contribution in [1.29, 1.82) is 0 Å². The van der Waals surface area contributed by atoms with E-state index in [2.05, 4.69) is 10.6 Å². The normalized spacial score (nSPS) is 18.0. The van der Waals surface area contributed by atoms with Crippen molar-refractivity contribution < 1.29 is 4.74 Å². The summed E-state index contributed by atoms with van der Waals surface area (Å²) in [6.45, 7) is 3.02. The van der Waals surface area contributed by atoms with Gasteiger partial charge in [-0.05, 0) is 37.8 Å². The van der Waals surface area contributed by atoms with Gasteiger partial charge in [-0.2, -0.15) is 0 Å². The van der Waals surface area contributed by atoms with Gasteiger partial charge in [0.2, 0.25) is 0 Å². The fraction of sp³-hybridized carbons (Fsp3) is 0.588. The van der Waals surface area contributed by atoms with E-state index in [9.17, 15) is 0 Å². The third-order valence-corrected chi connectivity index (χ3v) is 4.70. The molecule has 1 aliphatic carbocycles. The molecule has 1 fully saturated rings. The summed E-state index contributed by atoms with van der Waals surface area (Å²) in [5.74, 6) is 2.60. The molecule has 0 N–H and O–H groups in total. The molecule has 0 spiro atoms. The average molecular weight is 307 g/mol. The monoisotopic (exact) mass is 306 g/mol. The van der Waals surface area contributed by atoms with Gasteiger partial charge in [0.15, 0.2) is 0 Å². The summed E-state index contributed by atoms with van der Waals surface area (Å²) in [6, 6.07) is 6.06. The maximum atomic E-state index is 6.36. The lowest BCUT2D eigenvalue weighted by molar-refractivity contribution is 0.319. The predicted octanol–water partition coefficient (Wildman–Crippen LogP) is 4.93. The van der Waals surface area contributed by atoms with Crippen molar-refractivity contribution >= 4 is 22.6 Å². The van der Waals surface area contributed by atoms with Crippen LogP contribution in [-0.4, -0.2) is 16.7 Å². The number of nitrogens with zero attached hydrogens (tertiary/aromatic N) is 2. The first kappa shape index (κ1) is 14.7. The van der Waals surface area contributed by atoms with E-state index in [1.807, 2.05) is 19.1 Å². The summed E-state index contributed by atoms with van der Waals surface area (Å²) in [7, 11) is 1.70. The summed E-state index contributed by atoms with van der Waals surface area (Å²) in [4.78, 5) is 4.73. The van der Waals surface area contributed by atoms with Crippen molar-refractivity contribution in [1.82, 2.24) is 9.55 Å². The molecule has 1 aromatic carbocycles. The number of alkyl halides is 1. The number of aromatic nitrogens is 2. The van der Waals surface area contributed by atoms with Gasteiger partial charge >= 0.3 is 0 Å². The van der Waals surface area contributed by atoms with Gasteiger partial charge in [0, 0.05) is 12.6 Å². The van der Waals surface area contributed by atoms with E-state index < -0.39 is 0 Å². The zero-order chi connectivity index (χ0) is 14.8. The third-order valence-electron chi connectivity index (χ3n) is 4.51. The van der Waals surface area contributed by atoms with Crippen LogP contribution in [0.15, 0.2) is 18.2 Å². The van der Waals surface area contributed by atoms with Gasteiger partial charge in [0.1, 0.15) is 11.6 Å². The number of rotatable bonds is 4. The molecule has 0 aliphatic heterocycles. The first-order chi connectivity index (χ1) is 10.2. The molecule has 1 unspecified atom stereocenters. The molecule has 21 heavy (non-hydrogen) atoms. The Balaban J connectivity index is 2.01. The summed E-state index contributed by atoms with van der Waals surface area (Å²) < 4.78 is 7.67. The van der Waals surface area contributed by atoms with Gasteiger partial charge in [-0.3, -0.25) is 0 Å². The van der Waals surface area contributed by atoms with Gasteiger partial charge in [0.05, 0.1) is 23.5 Å². The molecule has 3 nitrogen and oxygen atoms in total. The van der Waals surface area contributed by atoms with Gasteiger partial charge in [-0.1, -0.05) is 19.3 Å². The Kier molecular flexibility index (Phi) is 4.39. The van der Waals surface area contributed by atoms with Crippen LogP contribution in [0.4, 0.5) is 0 Å². The highest BCUT2D eigenvalue weighted by molar-refractivity contribution is 6.20. The minimum Gasteiger partial charge on any atom is -0.497 e. The molecular weight excluding hydrogens is 284 g/mol. The number of benzene rings is 1. The van der Waals surface area contributed by atoms with Gasteiger partial charge in [-0.15, -0.1) is 11.6 Å². The van der Waals surface area contributed by atoms with Crippen molar-refractivity contribution in [2.24, 2.45) is 5.92 Å². The smallest absolute Gasteiger partial charge is 0.127 e. The maximum absolute atomic E-state index is 6.36. The summed E-state index contributed by atoms with van der Waals surface area (Å²) in [5, 5.41) is -0.0769. The number of ether oxygens (including phenoxy) is 1. The van der Waals surface area contributed by atoms with Crippen LogP contribution in [0.5, 0.6) is 5.75 Å². The lowest BCUT2D eigenvalue weighted by atomic mass is 9.89. The van der Waals surface area contributed by atoms with Crippen LogP contribution in [0.3, 0.4) is 0 Å². The van der Waals surface area contributed by atoms with Crippen molar-refractivity contribution in [3.63, 3.8) is 0 Å². The average Bonchev–Trinajstić information content (AvgIpc) is 2.86. The molecule has 1 heterocycles. The van der Waals surface area contributed by atoms with E-state index in [1.54, 1.807) is 7.11 Å². The van der Waals surface area contributed by atoms with Crippen molar-refractivity contribution in [2.75, 3.05) is 7.11 Å². The lowest BCUT2D eigenvalue weighted by Gasteiger charge is -2.23. The van der Waals surface area contributed by atoms with Crippen LogP contribution >= 0.6 is 11.6 Å². The van der Waals surface area contributed by atoms with Gasteiger partial charge < -0.3 is 9.30 Å². The zero-order valence-electron chi connectivity index (χ0n) is 12.8. The van der Waals surface area contributed by atoms with Crippen molar-refractivity contribution in [3.05, 3.63) is 24.0 Å². The molecule has 0 bridgehead atoms. The fourth-order valence-corrected chi connectivity index (χ4v) is 3.54. The molecule has 2 aromatic rings. The molecule has 114 valence electrons. The van der Waals surface area contributed by atoms with E-state index in [-0.39, 0.29) is 5.38 Å². The van der Waals surface area contributed by atoms with Crippen LogP contribution in [-0.2, 0) is 6.54 Å². The summed E-state index contributed by atoms with van der Waals surface area (Å²) in [5.41, 5.74) is 2.15. The number of imidazole rings is 1. The van der Waals surface area contributed by atoms with Crippen LogP contribution in [0, 0.1) is 5.92 Å². The topological polar surface area (TPSA) is 27.1 Å². The Bertz CT molecular complexity index is 615. The lowest BCUT2D eigenvalue weighted by Crippen LogP contribution is -2.16. The Morgan fingerprint density at radius 1 is 1.33 bits per heavy atom. The van der Waals surface area contributed by atoms with Gasteiger partial charge in [-0.25, -0.2) is 4.98 Å². The molecule has 1 aliphatic rings. The zero-order valence-corrected chi connectivity index (χ0v) is 13.6. The minimum atomic E-state index is -0.0769. The first-order valence-electron chi connectivity index (χ1n) is 7.87. The van der Waals surface area contributed by atoms with Crippen LogP contribution in [0.2, 0.25) is 0 Å². The molecular formula is C17H23ClN2O. The highest BCUT2D eigenvalue weighted by atomic mass is 35.5. The third kappa shape index (κ3) is 3.03. The summed E-state index contributed by atoms with van der Waals surface area (Å²) >= 11 is 6.36. The van der Waals surface area contributed by atoms with E-state index in [4.69, 9.17) is 21.3 Å². The SMILES string of the molecule is COc1ccc2nc(C(C)Cl)n(CC3CCCCC3)c2c1. The second kappa shape index (κ2) is 6.27. The van der Waals surface area contributed by atoms with Crippen LogP contribution in [0.25, 0.3) is 11.0 Å². The summed E-state index contributed by atoms with van der Waals surface area (Å²) in [6.07, 6.45) is 6.73. The van der Waals surface area contributed by atoms with E-state index in [1.165, 1.54) is 32.1 Å². The standard InChI is InChI=1S/C17H23ClN2O/c1-12(18)17-19-15-9-8-14(21-2)10-16(15)20(17)11-13-6-4-3-5-7-13/h8-10,12-13H,3-7,11H2,1-2H3. The number of hydrogen-bond donors (Lipinski definition) is 0. The number of halogens is 1. The Hall–Kier alpha value is -1.22. The first-order valence-corrected chi connectivity index (χ1v) is 8.31. The minimum absolute atomic E-state index is 0.0769. The Labute approximate surface area is 131 Å². The molecule has 1 atom stereocenters. The number of fused-ring (bicyclic) bond motifs is 1. The number of hydrogen-bond acceptors (Lipinski definition) is 2. The quantitative estimate of drug-likeness (QED) is 0.749. The highest BCUT2D eigenvalue weighted by Crippen LogP contribution is 2.31. The fourth-order valence-electron chi connectivity index (χ4n) is 3.37. The maximum Gasteiger partial charge on any atom is 0.127 e. The highest BCUT2D eigenvalue weighted by Gasteiger charge is 2.20.